The van der Waals surface area contributed by atoms with Crippen molar-refractivity contribution in [3.8, 4) is 12.3 Å². The zero-order chi connectivity index (χ0) is 13.2. The summed E-state index contributed by atoms with van der Waals surface area (Å²) in [6.45, 7) is 4.69. The predicted molar refractivity (Wildman–Crippen MR) is 74.2 cm³/mol. The standard InChI is InChI=1S/C15H25NO2/c1-3-4-9-16-10-15(17)12-18-11-14-8-6-5-7-13(14)2/h1,5-6,13-17H,4,7-12H2,2H3. The Hall–Kier alpha value is -0.820. The molecule has 0 saturated carbocycles. The topological polar surface area (TPSA) is 41.5 Å². The largest absolute Gasteiger partial charge is 0.389 e. The van der Waals surface area contributed by atoms with Crippen LogP contribution in [-0.2, 0) is 4.74 Å². The van der Waals surface area contributed by atoms with Crippen LogP contribution in [0.15, 0.2) is 12.2 Å². The molecule has 1 aliphatic rings. The van der Waals surface area contributed by atoms with E-state index in [0.717, 1.165) is 26.0 Å². The van der Waals surface area contributed by atoms with E-state index in [2.05, 4.69) is 30.3 Å². The monoisotopic (exact) mass is 251 g/mol. The van der Waals surface area contributed by atoms with E-state index in [1.54, 1.807) is 0 Å². The summed E-state index contributed by atoms with van der Waals surface area (Å²) in [5.41, 5.74) is 0. The summed E-state index contributed by atoms with van der Waals surface area (Å²) < 4.78 is 5.60. The van der Waals surface area contributed by atoms with Gasteiger partial charge in [-0.15, -0.1) is 12.3 Å². The van der Waals surface area contributed by atoms with Gasteiger partial charge in [0.1, 0.15) is 0 Å². The molecule has 0 aromatic carbocycles. The lowest BCUT2D eigenvalue weighted by molar-refractivity contribution is 0.0130. The molecule has 2 N–H and O–H groups in total. The predicted octanol–water partition coefficient (Wildman–Crippen LogP) is 1.58. The van der Waals surface area contributed by atoms with Crippen molar-refractivity contribution < 1.29 is 9.84 Å². The third kappa shape index (κ3) is 6.20. The second-order valence-electron chi connectivity index (χ2n) is 5.03. The molecular formula is C15H25NO2. The molecule has 1 aliphatic carbocycles. The first-order chi connectivity index (χ1) is 8.74. The van der Waals surface area contributed by atoms with Crippen LogP contribution in [-0.4, -0.2) is 37.5 Å². The SMILES string of the molecule is C#CCCNCC(O)COCC1CC=CCC1C. The second-order valence-corrected chi connectivity index (χ2v) is 5.03. The third-order valence-electron chi connectivity index (χ3n) is 3.39. The van der Waals surface area contributed by atoms with Crippen molar-refractivity contribution in [1.82, 2.24) is 5.32 Å². The van der Waals surface area contributed by atoms with Crippen LogP contribution in [0.2, 0.25) is 0 Å². The van der Waals surface area contributed by atoms with Crippen LogP contribution in [0, 0.1) is 24.2 Å². The summed E-state index contributed by atoms with van der Waals surface area (Å²) >= 11 is 0. The van der Waals surface area contributed by atoms with Crippen LogP contribution in [0.1, 0.15) is 26.2 Å². The van der Waals surface area contributed by atoms with Gasteiger partial charge in [0.05, 0.1) is 19.3 Å². The highest BCUT2D eigenvalue weighted by molar-refractivity contribution is 4.93. The van der Waals surface area contributed by atoms with E-state index in [-0.39, 0.29) is 0 Å². The molecule has 3 atom stereocenters. The molecule has 0 aromatic heterocycles. The molecule has 3 heteroatoms. The summed E-state index contributed by atoms with van der Waals surface area (Å²) in [6, 6.07) is 0. The van der Waals surface area contributed by atoms with Crippen molar-refractivity contribution in [2.24, 2.45) is 11.8 Å². The smallest absolute Gasteiger partial charge is 0.0897 e. The van der Waals surface area contributed by atoms with Crippen LogP contribution >= 0.6 is 0 Å². The van der Waals surface area contributed by atoms with Crippen molar-refractivity contribution in [1.29, 1.82) is 0 Å². The van der Waals surface area contributed by atoms with Crippen molar-refractivity contribution >= 4 is 0 Å². The molecule has 0 heterocycles. The number of aliphatic hydroxyl groups is 1. The minimum absolute atomic E-state index is 0.399. The minimum atomic E-state index is -0.447. The van der Waals surface area contributed by atoms with Crippen LogP contribution in [0.4, 0.5) is 0 Å². The van der Waals surface area contributed by atoms with Gasteiger partial charge in [-0.1, -0.05) is 19.1 Å². The number of hydrogen-bond donors (Lipinski definition) is 2. The van der Waals surface area contributed by atoms with Crippen molar-refractivity contribution in [3.63, 3.8) is 0 Å². The maximum absolute atomic E-state index is 9.69. The van der Waals surface area contributed by atoms with Crippen LogP contribution in [0.25, 0.3) is 0 Å². The molecule has 0 aromatic rings. The van der Waals surface area contributed by atoms with E-state index < -0.39 is 6.10 Å². The van der Waals surface area contributed by atoms with E-state index in [4.69, 9.17) is 11.2 Å². The zero-order valence-corrected chi connectivity index (χ0v) is 11.3. The van der Waals surface area contributed by atoms with Crippen LogP contribution in [0.3, 0.4) is 0 Å². The molecule has 3 nitrogen and oxygen atoms in total. The first-order valence-corrected chi connectivity index (χ1v) is 6.79. The molecule has 0 aliphatic heterocycles. The second kappa shape index (κ2) is 9.16. The molecular weight excluding hydrogens is 226 g/mol. The minimum Gasteiger partial charge on any atom is -0.389 e. The van der Waals surface area contributed by atoms with Crippen LogP contribution in [0.5, 0.6) is 0 Å². The summed E-state index contributed by atoms with van der Waals surface area (Å²) in [5, 5.41) is 12.8. The Morgan fingerprint density at radius 3 is 3.00 bits per heavy atom. The fourth-order valence-corrected chi connectivity index (χ4v) is 2.08. The lowest BCUT2D eigenvalue weighted by Gasteiger charge is -2.25. The average molecular weight is 251 g/mol. The van der Waals surface area contributed by atoms with Gasteiger partial charge in [-0.3, -0.25) is 0 Å². The Bertz CT molecular complexity index is 283. The van der Waals surface area contributed by atoms with Gasteiger partial charge in [0, 0.05) is 19.5 Å². The summed E-state index contributed by atoms with van der Waals surface area (Å²) in [7, 11) is 0. The molecule has 0 fully saturated rings. The maximum atomic E-state index is 9.69. The maximum Gasteiger partial charge on any atom is 0.0897 e. The lowest BCUT2D eigenvalue weighted by Crippen LogP contribution is -2.32. The van der Waals surface area contributed by atoms with E-state index in [1.165, 1.54) is 0 Å². The number of rotatable bonds is 8. The summed E-state index contributed by atoms with van der Waals surface area (Å²) in [6.07, 6.45) is 12.1. The Morgan fingerprint density at radius 2 is 2.28 bits per heavy atom. The Balaban J connectivity index is 2.03. The summed E-state index contributed by atoms with van der Waals surface area (Å²) in [5.74, 6) is 3.83. The van der Waals surface area contributed by atoms with Gasteiger partial charge in [0.15, 0.2) is 0 Å². The van der Waals surface area contributed by atoms with Crippen molar-refractivity contribution in [3.05, 3.63) is 12.2 Å². The molecule has 0 amide bonds. The van der Waals surface area contributed by atoms with Crippen LogP contribution < -0.4 is 5.32 Å². The van der Waals surface area contributed by atoms with E-state index in [1.807, 2.05) is 0 Å². The molecule has 3 unspecified atom stereocenters. The normalized spacial score (nSPS) is 24.7. The molecule has 0 saturated heterocycles. The lowest BCUT2D eigenvalue weighted by atomic mass is 9.85. The number of nitrogens with one attached hydrogen (secondary N) is 1. The van der Waals surface area contributed by atoms with E-state index >= 15 is 0 Å². The van der Waals surface area contributed by atoms with Gasteiger partial charge in [-0.25, -0.2) is 0 Å². The number of ether oxygens (including phenoxy) is 1. The van der Waals surface area contributed by atoms with Gasteiger partial charge < -0.3 is 15.2 Å². The number of aliphatic hydroxyl groups excluding tert-OH is 1. The molecule has 0 spiro atoms. The molecule has 0 radical (unpaired) electrons. The van der Waals surface area contributed by atoms with Gasteiger partial charge >= 0.3 is 0 Å². The number of hydrogen-bond acceptors (Lipinski definition) is 3. The van der Waals surface area contributed by atoms with Crippen molar-refractivity contribution in [2.45, 2.75) is 32.3 Å². The highest BCUT2D eigenvalue weighted by Crippen LogP contribution is 2.24. The molecule has 18 heavy (non-hydrogen) atoms. The van der Waals surface area contributed by atoms with Gasteiger partial charge in [0.2, 0.25) is 0 Å². The Morgan fingerprint density at radius 1 is 1.50 bits per heavy atom. The van der Waals surface area contributed by atoms with Gasteiger partial charge in [0.25, 0.3) is 0 Å². The molecule has 1 rings (SSSR count). The Kier molecular flexibility index (Phi) is 7.75. The Labute approximate surface area is 111 Å². The highest BCUT2D eigenvalue weighted by Gasteiger charge is 2.18. The van der Waals surface area contributed by atoms with E-state index in [0.29, 0.717) is 31.4 Å². The molecule has 0 bridgehead atoms. The average Bonchev–Trinajstić information content (AvgIpc) is 2.37. The zero-order valence-electron chi connectivity index (χ0n) is 11.3. The highest BCUT2D eigenvalue weighted by atomic mass is 16.5. The number of terminal acetylenes is 1. The fourth-order valence-electron chi connectivity index (χ4n) is 2.08. The number of allylic oxidation sites excluding steroid dienone is 2. The fraction of sp³-hybridized carbons (Fsp3) is 0.733. The van der Waals surface area contributed by atoms with Crippen molar-refractivity contribution in [2.75, 3.05) is 26.3 Å². The first kappa shape index (κ1) is 15.2. The van der Waals surface area contributed by atoms with Gasteiger partial charge in [-0.05, 0) is 24.7 Å². The van der Waals surface area contributed by atoms with Gasteiger partial charge in [-0.2, -0.15) is 0 Å². The first-order valence-electron chi connectivity index (χ1n) is 6.79. The van der Waals surface area contributed by atoms with E-state index in [9.17, 15) is 5.11 Å². The molecule has 102 valence electrons. The third-order valence-corrected chi connectivity index (χ3v) is 3.39. The summed E-state index contributed by atoms with van der Waals surface area (Å²) in [4.78, 5) is 0. The quantitative estimate of drug-likeness (QED) is 0.391.